The maximum Gasteiger partial charge on any atom is 0.300 e. The molecule has 25 heteroatoms. The highest BCUT2D eigenvalue weighted by atomic mass is 19.1. The molecule has 3 aromatic heterocycles. The van der Waals surface area contributed by atoms with Crippen molar-refractivity contribution in [1.29, 1.82) is 0 Å². The van der Waals surface area contributed by atoms with Crippen molar-refractivity contribution in [2.45, 2.75) is 91.3 Å². The minimum Gasteiger partial charge on any atom is -0.481 e. The molecule has 0 spiro atoms. The molecule has 0 aliphatic carbocycles. The molecule has 3 saturated heterocycles. The highest BCUT2D eigenvalue weighted by Gasteiger charge is 2.46. The van der Waals surface area contributed by atoms with Crippen LogP contribution in [0.1, 0.15) is 154 Å². The number of morpholine rings is 3. The number of nitrogens with zero attached hydrogens (tertiary/aromatic N) is 6. The first-order valence-corrected chi connectivity index (χ1v) is 36.4. The third kappa shape index (κ3) is 18.3. The van der Waals surface area contributed by atoms with Crippen molar-refractivity contribution < 1.29 is 74.8 Å². The Kier molecular flexibility index (Phi) is 26.2. The number of benzene rings is 6. The average molecular weight is 1470 g/mol. The Morgan fingerprint density at radius 2 is 0.607 bits per heavy atom. The third-order valence-corrected chi connectivity index (χ3v) is 19.8. The van der Waals surface area contributed by atoms with Gasteiger partial charge in [0, 0.05) is 92.4 Å². The van der Waals surface area contributed by atoms with E-state index in [1.165, 1.54) is 71.3 Å². The van der Waals surface area contributed by atoms with Gasteiger partial charge in [0.05, 0.1) is 90.6 Å². The van der Waals surface area contributed by atoms with E-state index in [-0.39, 0.29) is 84.2 Å². The maximum atomic E-state index is 13.9. The van der Waals surface area contributed by atoms with Crippen LogP contribution in [0, 0.1) is 17.5 Å². The molecule has 6 aliphatic rings. The monoisotopic (exact) mass is 1470 g/mol. The number of amides is 3. The van der Waals surface area contributed by atoms with E-state index in [1.54, 1.807) is 14.7 Å². The topological polar surface area (TPSA) is 264 Å². The summed E-state index contributed by atoms with van der Waals surface area (Å²) in [5.74, 6) is -3.87. The number of carboxylic acids is 2. The molecule has 9 heterocycles. The quantitative estimate of drug-likeness (QED) is 0.0808. The van der Waals surface area contributed by atoms with Crippen molar-refractivity contribution in [3.05, 3.63) is 243 Å². The first-order chi connectivity index (χ1) is 51.7. The first kappa shape index (κ1) is 77.9. The standard InChI is InChI=1S/3C26H27FN2O4.2C2H4O2/c3*1-2-17-4-6-18(7-5-17)23-22-24(30)20-16-19(27)8-9-21(20)33-25(22)26(31)29(23)11-3-10-28-12-14-32-15-13-28;2*1-2(3)4/h3*4-9,16,23H,2-3,10-15H2,1H3;2*1H3,(H,3,4). The van der Waals surface area contributed by atoms with Crippen LogP contribution in [-0.2, 0) is 43.1 Å². The van der Waals surface area contributed by atoms with Gasteiger partial charge < -0.3 is 52.4 Å². The van der Waals surface area contributed by atoms with Gasteiger partial charge in [-0.05, 0) is 127 Å². The van der Waals surface area contributed by atoms with Crippen LogP contribution in [0.3, 0.4) is 0 Å². The average Bonchev–Trinajstić information content (AvgIpc) is 1.61. The molecule has 3 amide bonds. The van der Waals surface area contributed by atoms with Crippen LogP contribution in [0.4, 0.5) is 13.2 Å². The minimum atomic E-state index is -0.833. The molecule has 3 unspecified atom stereocenters. The molecule has 9 aromatic rings. The van der Waals surface area contributed by atoms with Crippen LogP contribution in [0.25, 0.3) is 32.9 Å². The lowest BCUT2D eigenvalue weighted by Gasteiger charge is -2.29. The van der Waals surface area contributed by atoms with E-state index < -0.39 is 47.5 Å². The van der Waals surface area contributed by atoms with Gasteiger partial charge in [0.2, 0.25) is 17.3 Å². The lowest BCUT2D eigenvalue weighted by atomic mass is 9.97. The summed E-state index contributed by atoms with van der Waals surface area (Å²) < 4.78 is 75.6. The molecule has 2 N–H and O–H groups in total. The molecule has 6 aliphatic heterocycles. The fourth-order valence-corrected chi connectivity index (χ4v) is 14.4. The summed E-state index contributed by atoms with van der Waals surface area (Å²) in [6.07, 6.45) is 5.00. The second-order valence-corrected chi connectivity index (χ2v) is 26.9. The fourth-order valence-electron chi connectivity index (χ4n) is 14.4. The van der Waals surface area contributed by atoms with Gasteiger partial charge in [0.25, 0.3) is 29.7 Å². The number of carbonyl (C=O) groups is 5. The highest BCUT2D eigenvalue weighted by Crippen LogP contribution is 2.42. The van der Waals surface area contributed by atoms with E-state index in [9.17, 15) is 41.9 Å². The van der Waals surface area contributed by atoms with Crippen LogP contribution in [-0.4, -0.2) is 187 Å². The number of hydrogen-bond donors (Lipinski definition) is 2. The number of carbonyl (C=O) groups excluding carboxylic acids is 3. The smallest absolute Gasteiger partial charge is 0.300 e. The Labute approximate surface area is 616 Å². The van der Waals surface area contributed by atoms with Crippen molar-refractivity contribution in [2.75, 3.05) is 118 Å². The van der Waals surface area contributed by atoms with Crippen LogP contribution < -0.4 is 16.3 Å². The normalized spacial score (nSPS) is 17.9. The van der Waals surface area contributed by atoms with E-state index in [2.05, 4.69) is 35.5 Å². The SMILES string of the molecule is CC(=O)O.CC(=O)O.CCc1ccc(C2c3c(oc4ccc(F)cc4c3=O)C(=O)N2CCCN2CCOCC2)cc1.CCc1ccc(C2c3c(oc4ccc(F)cc4c3=O)C(=O)N2CCCN2CCOCC2)cc1.CCc1ccc(C2c3c(oc4ccc(F)cc4c3=O)C(=O)N2CCCN2CCOCC2)cc1. The predicted octanol–water partition coefficient (Wildman–Crippen LogP) is 11.5. The van der Waals surface area contributed by atoms with Gasteiger partial charge in [-0.15, -0.1) is 0 Å². The zero-order chi connectivity index (χ0) is 76.0. The lowest BCUT2D eigenvalue weighted by molar-refractivity contribution is -0.135. The number of ether oxygens (including phenoxy) is 3. The fraction of sp³-hybridized carbons (Fsp3) is 0.390. The Balaban J connectivity index is 0.000000152. The lowest BCUT2D eigenvalue weighted by Crippen LogP contribution is -2.38. The molecular weight excluding hydrogens is 1380 g/mol. The summed E-state index contributed by atoms with van der Waals surface area (Å²) in [4.78, 5) is 111. The number of fused-ring (bicyclic) bond motifs is 6. The van der Waals surface area contributed by atoms with Crippen molar-refractivity contribution in [3.63, 3.8) is 0 Å². The Morgan fingerprint density at radius 3 is 0.832 bits per heavy atom. The number of aryl methyl sites for hydroxylation is 3. The predicted molar refractivity (Wildman–Crippen MR) is 396 cm³/mol. The minimum absolute atomic E-state index is 0.0649. The van der Waals surface area contributed by atoms with E-state index >= 15 is 0 Å². The van der Waals surface area contributed by atoms with E-state index in [0.29, 0.717) is 36.3 Å². The largest absolute Gasteiger partial charge is 0.481 e. The molecule has 3 atom stereocenters. The summed E-state index contributed by atoms with van der Waals surface area (Å²) in [6, 6.07) is 33.8. The van der Waals surface area contributed by atoms with E-state index in [4.69, 9.17) is 47.3 Å². The van der Waals surface area contributed by atoms with E-state index in [0.717, 1.165) is 168 Å². The number of rotatable bonds is 18. The summed E-state index contributed by atoms with van der Waals surface area (Å²) in [7, 11) is 0. The second-order valence-electron chi connectivity index (χ2n) is 26.9. The van der Waals surface area contributed by atoms with Gasteiger partial charge in [-0.3, -0.25) is 53.1 Å². The second kappa shape index (κ2) is 36.0. The Bertz CT molecular complexity index is 4370. The molecule has 564 valence electrons. The van der Waals surface area contributed by atoms with Crippen LogP contribution in [0.15, 0.2) is 155 Å². The van der Waals surface area contributed by atoms with Gasteiger partial charge in [0.1, 0.15) is 34.2 Å². The van der Waals surface area contributed by atoms with Gasteiger partial charge in [-0.1, -0.05) is 93.6 Å². The van der Waals surface area contributed by atoms with Gasteiger partial charge in [-0.25, -0.2) is 13.2 Å². The summed E-state index contributed by atoms with van der Waals surface area (Å²) in [5, 5.41) is 15.3. The molecule has 0 radical (unpaired) electrons. The van der Waals surface area contributed by atoms with Crippen LogP contribution in [0.2, 0.25) is 0 Å². The third-order valence-electron chi connectivity index (χ3n) is 19.8. The molecular formula is C82H89F3N6O16. The van der Waals surface area contributed by atoms with Crippen LogP contribution in [0.5, 0.6) is 0 Å². The molecule has 0 saturated carbocycles. The van der Waals surface area contributed by atoms with Crippen molar-refractivity contribution in [2.24, 2.45) is 0 Å². The van der Waals surface area contributed by atoms with Crippen molar-refractivity contribution in [1.82, 2.24) is 29.4 Å². The summed E-state index contributed by atoms with van der Waals surface area (Å²) >= 11 is 0. The molecule has 0 bridgehead atoms. The molecule has 15 rings (SSSR count). The maximum absolute atomic E-state index is 13.9. The number of carboxylic acid groups (broad SMARTS) is 2. The van der Waals surface area contributed by atoms with Gasteiger partial charge in [0.15, 0.2) is 16.3 Å². The van der Waals surface area contributed by atoms with E-state index in [1.807, 2.05) is 72.8 Å². The zero-order valence-electron chi connectivity index (χ0n) is 60.8. The van der Waals surface area contributed by atoms with Crippen molar-refractivity contribution in [3.8, 4) is 0 Å². The number of halogens is 3. The Hall–Kier alpha value is -10.2. The zero-order valence-corrected chi connectivity index (χ0v) is 60.8. The number of hydrogen-bond acceptors (Lipinski definition) is 17. The number of aliphatic carboxylic acids is 2. The molecule has 22 nitrogen and oxygen atoms in total. The van der Waals surface area contributed by atoms with Gasteiger partial charge in [-0.2, -0.15) is 0 Å². The summed E-state index contributed by atoms with van der Waals surface area (Å²) in [5.41, 5.74) is 6.63. The summed E-state index contributed by atoms with van der Waals surface area (Å²) in [6.45, 7) is 22.1. The van der Waals surface area contributed by atoms with Gasteiger partial charge >= 0.3 is 0 Å². The highest BCUT2D eigenvalue weighted by molar-refractivity contribution is 6.01. The molecule has 3 fully saturated rings. The molecule has 107 heavy (non-hydrogen) atoms. The molecule has 6 aromatic carbocycles. The van der Waals surface area contributed by atoms with Crippen LogP contribution >= 0.6 is 0 Å². The van der Waals surface area contributed by atoms with Crippen molar-refractivity contribution >= 4 is 62.6 Å². The Morgan fingerprint density at radius 1 is 0.374 bits per heavy atom. The first-order valence-electron chi connectivity index (χ1n) is 36.4.